The summed E-state index contributed by atoms with van der Waals surface area (Å²) in [5.41, 5.74) is 1.15. The van der Waals surface area contributed by atoms with E-state index in [0.717, 1.165) is 35.8 Å². The number of methoxy groups -OCH3 is 1. The molecule has 0 saturated heterocycles. The smallest absolute Gasteiger partial charge is 0.180 e. The molecule has 0 atom stereocenters. The molecule has 136 valence electrons. The molecule has 0 aromatic heterocycles. The fourth-order valence-electron chi connectivity index (χ4n) is 5.65. The van der Waals surface area contributed by atoms with Crippen molar-refractivity contribution in [1.29, 1.82) is 0 Å². The average molecular weight is 362 g/mol. The molecule has 5 rings (SSSR count). The van der Waals surface area contributed by atoms with E-state index in [2.05, 4.69) is 11.9 Å². The van der Waals surface area contributed by atoms with Gasteiger partial charge in [0.1, 0.15) is 6.61 Å². The van der Waals surface area contributed by atoms with Crippen LogP contribution >= 0.6 is 11.6 Å². The van der Waals surface area contributed by atoms with Gasteiger partial charge in [-0.3, -0.25) is 0 Å². The summed E-state index contributed by atoms with van der Waals surface area (Å²) >= 11 is 6.42. The zero-order valence-electron chi connectivity index (χ0n) is 15.0. The summed E-state index contributed by atoms with van der Waals surface area (Å²) in [6.45, 7) is 4.93. The summed E-state index contributed by atoms with van der Waals surface area (Å²) in [6.07, 6.45) is 8.94. The first kappa shape index (κ1) is 17.2. The molecule has 0 radical (unpaired) electrons. The van der Waals surface area contributed by atoms with E-state index in [1.165, 1.54) is 32.1 Å². The van der Waals surface area contributed by atoms with E-state index >= 15 is 0 Å². The number of nitrogens with one attached hydrogen (secondary N) is 1. The van der Waals surface area contributed by atoms with Gasteiger partial charge in [-0.25, -0.2) is 0 Å². The Morgan fingerprint density at radius 3 is 2.44 bits per heavy atom. The molecular weight excluding hydrogens is 334 g/mol. The second kappa shape index (κ2) is 7.20. The Bertz CT molecular complexity index is 617. The van der Waals surface area contributed by atoms with Gasteiger partial charge in [0.2, 0.25) is 0 Å². The molecule has 4 fully saturated rings. The highest BCUT2D eigenvalue weighted by Gasteiger charge is 2.47. The Kier molecular flexibility index (Phi) is 4.97. The second-order valence-corrected chi connectivity index (χ2v) is 8.45. The SMILES string of the molecule is C=CCOc1c(Cl)cc(CNC2C3CC4CC(C3)CC2C4)cc1OC. The molecule has 4 aliphatic rings. The summed E-state index contributed by atoms with van der Waals surface area (Å²) in [7, 11) is 1.65. The first-order chi connectivity index (χ1) is 12.2. The third-order valence-electron chi connectivity index (χ3n) is 6.40. The highest BCUT2D eigenvalue weighted by Crippen LogP contribution is 2.53. The van der Waals surface area contributed by atoms with Crippen molar-refractivity contribution in [1.82, 2.24) is 5.32 Å². The summed E-state index contributed by atoms with van der Waals surface area (Å²) in [4.78, 5) is 0. The van der Waals surface area contributed by atoms with Crippen molar-refractivity contribution in [3.8, 4) is 11.5 Å². The summed E-state index contributed by atoms with van der Waals surface area (Å²) < 4.78 is 11.1. The minimum Gasteiger partial charge on any atom is -0.493 e. The van der Waals surface area contributed by atoms with Crippen LogP contribution in [0.25, 0.3) is 0 Å². The maximum atomic E-state index is 6.42. The van der Waals surface area contributed by atoms with Gasteiger partial charge in [0.25, 0.3) is 0 Å². The average Bonchev–Trinajstić information content (AvgIpc) is 2.59. The van der Waals surface area contributed by atoms with Gasteiger partial charge in [-0.2, -0.15) is 0 Å². The van der Waals surface area contributed by atoms with Gasteiger partial charge in [0, 0.05) is 12.6 Å². The number of ether oxygens (including phenoxy) is 2. The summed E-state index contributed by atoms with van der Waals surface area (Å²) in [6, 6.07) is 4.70. The maximum Gasteiger partial charge on any atom is 0.180 e. The van der Waals surface area contributed by atoms with E-state index in [4.69, 9.17) is 21.1 Å². The van der Waals surface area contributed by atoms with Gasteiger partial charge in [-0.1, -0.05) is 24.3 Å². The fraction of sp³-hybridized carbons (Fsp3) is 0.619. The molecule has 4 saturated carbocycles. The molecule has 4 aliphatic carbocycles. The molecule has 4 heteroatoms. The highest BCUT2D eigenvalue weighted by molar-refractivity contribution is 6.32. The van der Waals surface area contributed by atoms with Gasteiger partial charge in [-0.15, -0.1) is 0 Å². The van der Waals surface area contributed by atoms with Gasteiger partial charge < -0.3 is 14.8 Å². The lowest BCUT2D eigenvalue weighted by atomic mass is 9.54. The lowest BCUT2D eigenvalue weighted by Gasteiger charge is -2.54. The van der Waals surface area contributed by atoms with E-state index in [1.807, 2.05) is 12.1 Å². The normalized spacial score (nSPS) is 32.6. The molecular formula is C21H28ClNO2. The molecule has 0 unspecified atom stereocenters. The third-order valence-corrected chi connectivity index (χ3v) is 6.68. The minimum atomic E-state index is 0.418. The molecule has 1 aromatic carbocycles. The number of hydrogen-bond acceptors (Lipinski definition) is 3. The van der Waals surface area contributed by atoms with Crippen molar-refractivity contribution in [2.24, 2.45) is 23.7 Å². The number of hydrogen-bond donors (Lipinski definition) is 1. The van der Waals surface area contributed by atoms with E-state index in [0.29, 0.717) is 29.2 Å². The Labute approximate surface area is 155 Å². The predicted octanol–water partition coefficient (Wildman–Crippen LogP) is 4.83. The lowest BCUT2D eigenvalue weighted by molar-refractivity contribution is -0.0142. The lowest BCUT2D eigenvalue weighted by Crippen LogP contribution is -2.54. The standard InChI is InChI=1S/C21H28ClNO2/c1-3-4-25-21-18(22)10-15(11-19(21)24-2)12-23-20-16-6-13-5-14(8-16)9-17(20)7-13/h3,10-11,13-14,16-17,20,23H,1,4-9,12H2,2H3. The number of benzene rings is 1. The van der Waals surface area contributed by atoms with Crippen LogP contribution in [0.5, 0.6) is 11.5 Å². The van der Waals surface area contributed by atoms with Gasteiger partial charge in [0.15, 0.2) is 11.5 Å². The molecule has 0 amide bonds. The van der Waals surface area contributed by atoms with Crippen LogP contribution in [0.3, 0.4) is 0 Å². The minimum absolute atomic E-state index is 0.418. The monoisotopic (exact) mass is 361 g/mol. The fourth-order valence-corrected chi connectivity index (χ4v) is 5.94. The first-order valence-electron chi connectivity index (χ1n) is 9.51. The Hall–Kier alpha value is -1.19. The highest BCUT2D eigenvalue weighted by atomic mass is 35.5. The molecule has 1 N–H and O–H groups in total. The van der Waals surface area contributed by atoms with Crippen LogP contribution in [0.4, 0.5) is 0 Å². The molecule has 3 nitrogen and oxygen atoms in total. The Morgan fingerprint density at radius 2 is 1.84 bits per heavy atom. The van der Waals surface area contributed by atoms with Crippen molar-refractivity contribution < 1.29 is 9.47 Å². The van der Waals surface area contributed by atoms with Crippen molar-refractivity contribution in [2.45, 2.75) is 44.7 Å². The second-order valence-electron chi connectivity index (χ2n) is 8.05. The van der Waals surface area contributed by atoms with Crippen molar-refractivity contribution in [3.63, 3.8) is 0 Å². The van der Waals surface area contributed by atoms with Crippen molar-refractivity contribution in [2.75, 3.05) is 13.7 Å². The van der Waals surface area contributed by atoms with Gasteiger partial charge >= 0.3 is 0 Å². The van der Waals surface area contributed by atoms with Crippen molar-refractivity contribution >= 4 is 11.6 Å². The quantitative estimate of drug-likeness (QED) is 0.706. The molecule has 0 heterocycles. The molecule has 0 spiro atoms. The molecule has 25 heavy (non-hydrogen) atoms. The van der Waals surface area contributed by atoms with Crippen molar-refractivity contribution in [3.05, 3.63) is 35.4 Å². The molecule has 0 aliphatic heterocycles. The van der Waals surface area contributed by atoms with Crippen LogP contribution in [0.2, 0.25) is 5.02 Å². The zero-order chi connectivity index (χ0) is 17.4. The van der Waals surface area contributed by atoms with Gasteiger partial charge in [-0.05, 0) is 73.5 Å². The van der Waals surface area contributed by atoms with Crippen LogP contribution in [0.15, 0.2) is 24.8 Å². The topological polar surface area (TPSA) is 30.5 Å². The largest absolute Gasteiger partial charge is 0.493 e. The predicted molar refractivity (Wildman–Crippen MR) is 101 cm³/mol. The first-order valence-corrected chi connectivity index (χ1v) is 9.89. The summed E-state index contributed by atoms with van der Waals surface area (Å²) in [5, 5.41) is 4.45. The van der Waals surface area contributed by atoms with Crippen LogP contribution < -0.4 is 14.8 Å². The van der Waals surface area contributed by atoms with Crippen LogP contribution in [0.1, 0.15) is 37.7 Å². The zero-order valence-corrected chi connectivity index (χ0v) is 15.7. The van der Waals surface area contributed by atoms with E-state index in [9.17, 15) is 0 Å². The molecule has 4 bridgehead atoms. The number of rotatable bonds is 7. The van der Waals surface area contributed by atoms with E-state index < -0.39 is 0 Å². The number of halogens is 1. The van der Waals surface area contributed by atoms with Gasteiger partial charge in [0.05, 0.1) is 12.1 Å². The van der Waals surface area contributed by atoms with E-state index in [1.54, 1.807) is 13.2 Å². The summed E-state index contributed by atoms with van der Waals surface area (Å²) in [5.74, 6) is 5.07. The third kappa shape index (κ3) is 3.41. The van der Waals surface area contributed by atoms with E-state index in [-0.39, 0.29) is 0 Å². The molecule has 1 aromatic rings. The Balaban J connectivity index is 1.44. The Morgan fingerprint density at radius 1 is 1.16 bits per heavy atom. The van der Waals surface area contributed by atoms with Crippen LogP contribution in [0, 0.1) is 23.7 Å². The van der Waals surface area contributed by atoms with Crippen LogP contribution in [-0.4, -0.2) is 19.8 Å². The maximum absolute atomic E-state index is 6.42. The van der Waals surface area contributed by atoms with Crippen LogP contribution in [-0.2, 0) is 6.54 Å².